The summed E-state index contributed by atoms with van der Waals surface area (Å²) in [4.78, 5) is 10.5. The van der Waals surface area contributed by atoms with Crippen LogP contribution < -0.4 is 5.73 Å². The Hall–Kier alpha value is -0.220. The van der Waals surface area contributed by atoms with Gasteiger partial charge >= 0.3 is 5.97 Å². The Morgan fingerprint density at radius 3 is 2.92 bits per heavy atom. The Labute approximate surface area is 76.7 Å². The van der Waals surface area contributed by atoms with Crippen molar-refractivity contribution in [3.8, 4) is 0 Å². The predicted octanol–water partition coefficient (Wildman–Crippen LogP) is 0.789. The summed E-state index contributed by atoms with van der Waals surface area (Å²) in [5, 5.41) is 8.61. The lowest BCUT2D eigenvalue weighted by Crippen LogP contribution is -2.25. The number of carboxylic acid groups (broad SMARTS) is 1. The summed E-state index contributed by atoms with van der Waals surface area (Å²) in [5.41, 5.74) is 5.53. The molecular formula is C8H15NO2S. The average molecular weight is 189 g/mol. The molecule has 12 heavy (non-hydrogen) atoms. The van der Waals surface area contributed by atoms with Gasteiger partial charge in [0.25, 0.3) is 0 Å². The van der Waals surface area contributed by atoms with Crippen molar-refractivity contribution in [2.45, 2.75) is 12.8 Å². The van der Waals surface area contributed by atoms with Crippen LogP contribution in [0.25, 0.3) is 0 Å². The van der Waals surface area contributed by atoms with E-state index in [0.717, 1.165) is 12.2 Å². The van der Waals surface area contributed by atoms with Gasteiger partial charge in [0.15, 0.2) is 0 Å². The predicted molar refractivity (Wildman–Crippen MR) is 50.2 cm³/mol. The molecule has 0 radical (unpaired) electrons. The molecular weight excluding hydrogens is 174 g/mol. The summed E-state index contributed by atoms with van der Waals surface area (Å²) in [6, 6.07) is 0. The molecule has 4 heteroatoms. The minimum Gasteiger partial charge on any atom is -0.481 e. The van der Waals surface area contributed by atoms with Crippen LogP contribution in [0.15, 0.2) is 0 Å². The van der Waals surface area contributed by atoms with Crippen molar-refractivity contribution in [1.29, 1.82) is 0 Å². The minimum atomic E-state index is -0.720. The fraction of sp³-hybridized carbons (Fsp3) is 0.875. The third-order valence-electron chi connectivity index (χ3n) is 2.37. The normalized spacial score (nSPS) is 25.6. The number of carbonyl (C=O) groups is 1. The number of nitrogens with two attached hydrogens (primary N) is 1. The van der Waals surface area contributed by atoms with Crippen LogP contribution in [-0.2, 0) is 4.79 Å². The summed E-state index contributed by atoms with van der Waals surface area (Å²) in [6.45, 7) is 0.511. The molecule has 1 saturated heterocycles. The maximum Gasteiger partial charge on any atom is 0.303 e. The van der Waals surface area contributed by atoms with Crippen LogP contribution in [0, 0.1) is 11.8 Å². The Morgan fingerprint density at radius 1 is 1.75 bits per heavy atom. The topological polar surface area (TPSA) is 63.3 Å². The summed E-state index contributed by atoms with van der Waals surface area (Å²) in [7, 11) is 0. The Kier molecular flexibility index (Phi) is 3.88. The van der Waals surface area contributed by atoms with Crippen LogP contribution >= 0.6 is 11.8 Å². The smallest absolute Gasteiger partial charge is 0.303 e. The van der Waals surface area contributed by atoms with Gasteiger partial charge in [0.05, 0.1) is 0 Å². The zero-order valence-electron chi connectivity index (χ0n) is 7.03. The van der Waals surface area contributed by atoms with Crippen molar-refractivity contribution in [3.63, 3.8) is 0 Å². The van der Waals surface area contributed by atoms with E-state index >= 15 is 0 Å². The molecule has 0 aromatic heterocycles. The molecule has 3 nitrogen and oxygen atoms in total. The van der Waals surface area contributed by atoms with E-state index in [4.69, 9.17) is 10.8 Å². The van der Waals surface area contributed by atoms with Crippen molar-refractivity contribution < 1.29 is 9.90 Å². The van der Waals surface area contributed by atoms with E-state index in [1.165, 1.54) is 5.75 Å². The molecule has 0 bridgehead atoms. The molecule has 2 unspecified atom stereocenters. The molecule has 2 atom stereocenters. The van der Waals surface area contributed by atoms with E-state index < -0.39 is 5.97 Å². The fourth-order valence-electron chi connectivity index (χ4n) is 1.59. The van der Waals surface area contributed by atoms with Crippen LogP contribution in [0.3, 0.4) is 0 Å². The third kappa shape index (κ3) is 2.68. The number of aliphatic carboxylic acids is 1. The van der Waals surface area contributed by atoms with Gasteiger partial charge in [-0.25, -0.2) is 0 Å². The number of hydrogen-bond acceptors (Lipinski definition) is 3. The standard InChI is InChI=1S/C8H15NO2S/c9-4-7(3-8(10)11)6-1-2-12-5-6/h6-7H,1-5,9H2,(H,10,11). The van der Waals surface area contributed by atoms with Crippen molar-refractivity contribution in [1.82, 2.24) is 0 Å². The van der Waals surface area contributed by atoms with Crippen molar-refractivity contribution in [3.05, 3.63) is 0 Å². The van der Waals surface area contributed by atoms with Gasteiger partial charge in [0.2, 0.25) is 0 Å². The maximum atomic E-state index is 10.5. The Bertz CT molecular complexity index is 157. The minimum absolute atomic E-state index is 0.192. The molecule has 3 N–H and O–H groups in total. The summed E-state index contributed by atoms with van der Waals surface area (Å²) >= 11 is 1.90. The largest absolute Gasteiger partial charge is 0.481 e. The quantitative estimate of drug-likeness (QED) is 0.686. The lowest BCUT2D eigenvalue weighted by atomic mass is 9.89. The molecule has 1 rings (SSSR count). The molecule has 70 valence electrons. The molecule has 0 aromatic carbocycles. The van der Waals surface area contributed by atoms with Crippen molar-refractivity contribution >= 4 is 17.7 Å². The van der Waals surface area contributed by atoms with Gasteiger partial charge in [0, 0.05) is 6.42 Å². The van der Waals surface area contributed by atoms with Gasteiger partial charge < -0.3 is 10.8 Å². The SMILES string of the molecule is NCC(CC(=O)O)C1CCSC1. The Morgan fingerprint density at radius 2 is 2.50 bits per heavy atom. The van der Waals surface area contributed by atoms with E-state index in [1.807, 2.05) is 11.8 Å². The van der Waals surface area contributed by atoms with Crippen LogP contribution in [0.2, 0.25) is 0 Å². The summed E-state index contributed by atoms with van der Waals surface area (Å²) in [5.74, 6) is 2.27. The second-order valence-electron chi connectivity index (χ2n) is 3.22. The van der Waals surface area contributed by atoms with Crippen LogP contribution in [0.4, 0.5) is 0 Å². The fourth-order valence-corrected chi connectivity index (χ4v) is 2.97. The number of carboxylic acids is 1. The zero-order valence-corrected chi connectivity index (χ0v) is 7.85. The first kappa shape index (κ1) is 9.86. The first-order chi connectivity index (χ1) is 5.74. The molecule has 1 heterocycles. The third-order valence-corrected chi connectivity index (χ3v) is 3.56. The number of hydrogen-bond donors (Lipinski definition) is 2. The Balaban J connectivity index is 2.37. The summed E-state index contributed by atoms with van der Waals surface area (Å²) in [6.07, 6.45) is 1.38. The van der Waals surface area contributed by atoms with E-state index in [1.54, 1.807) is 0 Å². The van der Waals surface area contributed by atoms with E-state index in [9.17, 15) is 4.79 Å². The number of thioether (sulfide) groups is 1. The second-order valence-corrected chi connectivity index (χ2v) is 4.37. The molecule has 0 amide bonds. The molecule has 1 fully saturated rings. The van der Waals surface area contributed by atoms with Gasteiger partial charge in [-0.05, 0) is 36.3 Å². The zero-order chi connectivity index (χ0) is 8.97. The highest BCUT2D eigenvalue weighted by Gasteiger charge is 2.25. The molecule has 0 spiro atoms. The van der Waals surface area contributed by atoms with Gasteiger partial charge in [-0.3, -0.25) is 4.79 Å². The van der Waals surface area contributed by atoms with Crippen LogP contribution in [0.1, 0.15) is 12.8 Å². The lowest BCUT2D eigenvalue weighted by Gasteiger charge is -2.18. The molecule has 1 aliphatic rings. The van der Waals surface area contributed by atoms with E-state index in [0.29, 0.717) is 12.5 Å². The van der Waals surface area contributed by atoms with Gasteiger partial charge in [-0.15, -0.1) is 0 Å². The van der Waals surface area contributed by atoms with E-state index in [-0.39, 0.29) is 12.3 Å². The highest BCUT2D eigenvalue weighted by Crippen LogP contribution is 2.30. The lowest BCUT2D eigenvalue weighted by molar-refractivity contribution is -0.138. The molecule has 0 aliphatic carbocycles. The van der Waals surface area contributed by atoms with Crippen LogP contribution in [-0.4, -0.2) is 29.1 Å². The second kappa shape index (κ2) is 4.72. The first-order valence-electron chi connectivity index (χ1n) is 4.23. The van der Waals surface area contributed by atoms with Crippen molar-refractivity contribution in [2.24, 2.45) is 17.6 Å². The highest BCUT2D eigenvalue weighted by atomic mass is 32.2. The number of rotatable bonds is 4. The first-order valence-corrected chi connectivity index (χ1v) is 5.39. The average Bonchev–Trinajstić information content (AvgIpc) is 2.51. The highest BCUT2D eigenvalue weighted by molar-refractivity contribution is 7.99. The van der Waals surface area contributed by atoms with Gasteiger partial charge in [-0.1, -0.05) is 0 Å². The van der Waals surface area contributed by atoms with E-state index in [2.05, 4.69) is 0 Å². The van der Waals surface area contributed by atoms with Crippen molar-refractivity contribution in [2.75, 3.05) is 18.1 Å². The molecule has 1 aliphatic heterocycles. The van der Waals surface area contributed by atoms with Gasteiger partial charge in [-0.2, -0.15) is 11.8 Å². The monoisotopic (exact) mass is 189 g/mol. The van der Waals surface area contributed by atoms with Gasteiger partial charge in [0.1, 0.15) is 0 Å². The molecule has 0 saturated carbocycles. The van der Waals surface area contributed by atoms with Crippen LogP contribution in [0.5, 0.6) is 0 Å². The summed E-state index contributed by atoms with van der Waals surface area (Å²) < 4.78 is 0. The molecule has 0 aromatic rings. The maximum absolute atomic E-state index is 10.5.